The van der Waals surface area contributed by atoms with Crippen molar-refractivity contribution in [1.82, 2.24) is 5.32 Å². The van der Waals surface area contributed by atoms with Crippen LogP contribution in [0.5, 0.6) is 0 Å². The Morgan fingerprint density at radius 3 is 1.84 bits per heavy atom. The average molecular weight is 381 g/mol. The predicted molar refractivity (Wildman–Crippen MR) is 68.8 cm³/mol. The van der Waals surface area contributed by atoms with Crippen LogP contribution in [0, 0.1) is 0 Å². The van der Waals surface area contributed by atoms with Crippen LogP contribution in [0.3, 0.4) is 0 Å². The number of carbonyl (C=O) groups is 1. The summed E-state index contributed by atoms with van der Waals surface area (Å²) in [5.74, 6) is -23.9. The molecule has 0 bridgehead atoms. The number of alkyl halides is 9. The number of amides is 1. The lowest BCUT2D eigenvalue weighted by Crippen LogP contribution is -2.65. The van der Waals surface area contributed by atoms with E-state index in [-0.39, 0.29) is 0 Å². The monoisotopic (exact) mass is 381 g/mol. The summed E-state index contributed by atoms with van der Waals surface area (Å²) in [5, 5.41) is 1.28. The summed E-state index contributed by atoms with van der Waals surface area (Å²) >= 11 is 0. The second-order valence-electron chi connectivity index (χ2n) is 5.24. The topological polar surface area (TPSA) is 29.1 Å². The molecule has 0 aliphatic heterocycles. The summed E-state index contributed by atoms with van der Waals surface area (Å²) in [6, 6.07) is 7.76. The van der Waals surface area contributed by atoms with Crippen LogP contribution in [0.25, 0.3) is 0 Å². The molecule has 0 unspecified atom stereocenters. The summed E-state index contributed by atoms with van der Waals surface area (Å²) in [6.07, 6.45) is -6.96. The molecule has 1 aromatic rings. The molecule has 0 radical (unpaired) electrons. The van der Waals surface area contributed by atoms with E-state index in [1.165, 1.54) is 24.4 Å². The molecule has 1 rings (SSSR count). The molecule has 1 amide bonds. The van der Waals surface area contributed by atoms with Crippen molar-refractivity contribution in [2.45, 2.75) is 36.8 Å². The van der Waals surface area contributed by atoms with Crippen LogP contribution in [0.4, 0.5) is 39.5 Å². The van der Waals surface area contributed by atoms with Gasteiger partial charge in [0.25, 0.3) is 5.91 Å². The Hall–Kier alpha value is -1.94. The van der Waals surface area contributed by atoms with Gasteiger partial charge in [-0.1, -0.05) is 37.3 Å². The lowest BCUT2D eigenvalue weighted by Gasteiger charge is -2.32. The molecule has 2 nitrogen and oxygen atoms in total. The van der Waals surface area contributed by atoms with Crippen LogP contribution in [0.2, 0.25) is 0 Å². The standard InChI is InChI=1S/C14H12F9NO/c1-8(9-5-3-2-4-6-9)7-24-10(25)11(15,16)12(17,18)13(19,20)14(21,22)23/h2-6,8H,7H2,1H3,(H,24,25)/t8-/m0/s1. The zero-order chi connectivity index (χ0) is 19.7. The Labute approximate surface area is 136 Å². The molecule has 0 heterocycles. The average Bonchev–Trinajstić information content (AvgIpc) is 2.51. The van der Waals surface area contributed by atoms with Gasteiger partial charge in [-0.05, 0) is 11.5 Å². The number of carbonyl (C=O) groups excluding carboxylic acids is 1. The van der Waals surface area contributed by atoms with Crippen LogP contribution in [-0.2, 0) is 4.79 Å². The molecule has 1 aromatic carbocycles. The van der Waals surface area contributed by atoms with Crippen LogP contribution >= 0.6 is 0 Å². The first-order valence-corrected chi connectivity index (χ1v) is 6.69. The molecular weight excluding hydrogens is 369 g/mol. The van der Waals surface area contributed by atoms with Crippen molar-refractivity contribution in [2.24, 2.45) is 0 Å². The molecule has 0 saturated carbocycles. The molecule has 1 N–H and O–H groups in total. The van der Waals surface area contributed by atoms with Crippen molar-refractivity contribution in [3.63, 3.8) is 0 Å². The SMILES string of the molecule is C[C@@H](CNC(=O)C(F)(F)C(F)(F)C(F)(F)C(F)(F)F)c1ccccc1. The molecule has 1 atom stereocenters. The maximum atomic E-state index is 13.3. The van der Waals surface area contributed by atoms with E-state index in [0.717, 1.165) is 0 Å². The van der Waals surface area contributed by atoms with Gasteiger partial charge in [0.15, 0.2) is 0 Å². The Balaban J connectivity index is 2.92. The molecule has 0 aliphatic rings. The molecule has 25 heavy (non-hydrogen) atoms. The molecule has 11 heteroatoms. The van der Waals surface area contributed by atoms with Crippen LogP contribution in [0.1, 0.15) is 18.4 Å². The highest BCUT2D eigenvalue weighted by Crippen LogP contribution is 2.53. The molecular formula is C14H12F9NO. The predicted octanol–water partition coefficient (Wildman–Crippen LogP) is 4.37. The highest BCUT2D eigenvalue weighted by atomic mass is 19.4. The van der Waals surface area contributed by atoms with E-state index in [1.807, 2.05) is 0 Å². The van der Waals surface area contributed by atoms with Gasteiger partial charge in [0.2, 0.25) is 0 Å². The van der Waals surface area contributed by atoms with Crippen LogP contribution in [-0.4, -0.2) is 36.4 Å². The number of halogens is 9. The molecule has 0 aromatic heterocycles. The van der Waals surface area contributed by atoms with Crippen molar-refractivity contribution in [3.8, 4) is 0 Å². The van der Waals surface area contributed by atoms with Gasteiger partial charge in [-0.15, -0.1) is 0 Å². The van der Waals surface area contributed by atoms with E-state index in [0.29, 0.717) is 5.56 Å². The van der Waals surface area contributed by atoms with E-state index in [2.05, 4.69) is 0 Å². The van der Waals surface area contributed by atoms with Crippen molar-refractivity contribution in [3.05, 3.63) is 35.9 Å². The number of nitrogens with one attached hydrogen (secondary N) is 1. The fourth-order valence-corrected chi connectivity index (χ4v) is 1.77. The second-order valence-corrected chi connectivity index (χ2v) is 5.24. The first kappa shape index (κ1) is 21.1. The largest absolute Gasteiger partial charge is 0.460 e. The van der Waals surface area contributed by atoms with Crippen molar-refractivity contribution in [2.75, 3.05) is 6.54 Å². The lowest BCUT2D eigenvalue weighted by atomic mass is 10.00. The first-order chi connectivity index (χ1) is 11.2. The Morgan fingerprint density at radius 1 is 0.920 bits per heavy atom. The maximum absolute atomic E-state index is 13.3. The van der Waals surface area contributed by atoms with Gasteiger partial charge >= 0.3 is 23.9 Å². The van der Waals surface area contributed by atoms with Crippen molar-refractivity contribution in [1.29, 1.82) is 0 Å². The normalized spacial score (nSPS) is 15.0. The van der Waals surface area contributed by atoms with Gasteiger partial charge in [0.1, 0.15) is 0 Å². The molecule has 0 saturated heterocycles. The summed E-state index contributed by atoms with van der Waals surface area (Å²) < 4.78 is 114. The minimum Gasteiger partial charge on any atom is -0.350 e. The van der Waals surface area contributed by atoms with E-state index in [1.54, 1.807) is 18.2 Å². The van der Waals surface area contributed by atoms with Gasteiger partial charge in [-0.2, -0.15) is 39.5 Å². The van der Waals surface area contributed by atoms with Crippen LogP contribution in [0.15, 0.2) is 30.3 Å². The maximum Gasteiger partial charge on any atom is 0.460 e. The van der Waals surface area contributed by atoms with E-state index in [4.69, 9.17) is 0 Å². The molecule has 0 aliphatic carbocycles. The van der Waals surface area contributed by atoms with Crippen LogP contribution < -0.4 is 5.32 Å². The smallest absolute Gasteiger partial charge is 0.350 e. The Bertz CT molecular complexity index is 598. The van der Waals surface area contributed by atoms with Gasteiger partial charge in [-0.3, -0.25) is 4.79 Å². The number of hydrogen-bond donors (Lipinski definition) is 1. The fourth-order valence-electron chi connectivity index (χ4n) is 1.77. The third kappa shape index (κ3) is 3.84. The molecule has 0 fully saturated rings. The van der Waals surface area contributed by atoms with Gasteiger partial charge in [0, 0.05) is 6.54 Å². The van der Waals surface area contributed by atoms with E-state index >= 15 is 0 Å². The summed E-state index contributed by atoms with van der Waals surface area (Å²) in [6.45, 7) is 0.725. The third-order valence-electron chi connectivity index (χ3n) is 3.37. The first-order valence-electron chi connectivity index (χ1n) is 6.69. The van der Waals surface area contributed by atoms with Crippen molar-refractivity contribution < 1.29 is 44.3 Å². The second kappa shape index (κ2) is 6.75. The minimum absolute atomic E-state index is 0.499. The highest BCUT2D eigenvalue weighted by Gasteiger charge is 2.83. The van der Waals surface area contributed by atoms with E-state index in [9.17, 15) is 44.3 Å². The number of hydrogen-bond acceptors (Lipinski definition) is 1. The Kier molecular flexibility index (Phi) is 5.70. The van der Waals surface area contributed by atoms with Gasteiger partial charge in [-0.25, -0.2) is 0 Å². The number of rotatable bonds is 6. The lowest BCUT2D eigenvalue weighted by molar-refractivity contribution is -0.388. The fraction of sp³-hybridized carbons (Fsp3) is 0.500. The third-order valence-corrected chi connectivity index (χ3v) is 3.37. The zero-order valence-electron chi connectivity index (χ0n) is 12.5. The summed E-state index contributed by atoms with van der Waals surface area (Å²) in [7, 11) is 0. The van der Waals surface area contributed by atoms with Gasteiger partial charge < -0.3 is 5.32 Å². The number of benzene rings is 1. The summed E-state index contributed by atoms with van der Waals surface area (Å²) in [4.78, 5) is 11.2. The highest BCUT2D eigenvalue weighted by molar-refractivity contribution is 5.84. The van der Waals surface area contributed by atoms with Gasteiger partial charge in [0.05, 0.1) is 0 Å². The summed E-state index contributed by atoms with van der Waals surface area (Å²) in [5.41, 5.74) is 0.499. The Morgan fingerprint density at radius 2 is 1.40 bits per heavy atom. The van der Waals surface area contributed by atoms with Crippen molar-refractivity contribution >= 4 is 5.91 Å². The molecule has 0 spiro atoms. The molecule has 142 valence electrons. The van der Waals surface area contributed by atoms with E-state index < -0.39 is 42.3 Å². The quantitative estimate of drug-likeness (QED) is 0.729. The minimum atomic E-state index is -7.09. The zero-order valence-corrected chi connectivity index (χ0v) is 12.5.